The van der Waals surface area contributed by atoms with Crippen LogP contribution in [-0.4, -0.2) is 28.6 Å². The van der Waals surface area contributed by atoms with E-state index in [1.165, 1.54) is 5.56 Å². The van der Waals surface area contributed by atoms with Crippen LogP contribution in [0.3, 0.4) is 0 Å². The van der Waals surface area contributed by atoms with E-state index < -0.39 is 0 Å². The summed E-state index contributed by atoms with van der Waals surface area (Å²) in [7, 11) is 1.94. The van der Waals surface area contributed by atoms with Crippen LogP contribution in [-0.2, 0) is 13.0 Å². The van der Waals surface area contributed by atoms with Gasteiger partial charge in [-0.2, -0.15) is 10.2 Å². The first-order valence-electron chi connectivity index (χ1n) is 7.12. The topological polar surface area (TPSA) is 66.0 Å². The zero-order valence-corrected chi connectivity index (χ0v) is 12.7. The molecule has 110 valence electrons. The highest BCUT2D eigenvalue weighted by molar-refractivity contribution is 5.54. The van der Waals surface area contributed by atoms with Gasteiger partial charge in [-0.15, -0.1) is 0 Å². The summed E-state index contributed by atoms with van der Waals surface area (Å²) in [6.45, 7) is 5.25. The fourth-order valence-electron chi connectivity index (χ4n) is 2.13. The van der Waals surface area contributed by atoms with Crippen molar-refractivity contribution >= 4 is 0 Å². The highest BCUT2D eigenvalue weighted by Crippen LogP contribution is 2.17. The lowest BCUT2D eigenvalue weighted by molar-refractivity contribution is 0.253. The van der Waals surface area contributed by atoms with Crippen LogP contribution >= 0.6 is 0 Å². The SMILES string of the molecule is CCc1ccc(-c2noc(CN(C)CC(C)C#N)n2)cc1. The predicted octanol–water partition coefficient (Wildman–Crippen LogP) is 2.89. The maximum Gasteiger partial charge on any atom is 0.241 e. The normalized spacial score (nSPS) is 12.3. The molecule has 1 aromatic heterocycles. The molecule has 0 amide bonds. The number of aromatic nitrogens is 2. The third kappa shape index (κ3) is 4.14. The van der Waals surface area contributed by atoms with Crippen molar-refractivity contribution in [3.05, 3.63) is 35.7 Å². The molecule has 1 aromatic carbocycles. The summed E-state index contributed by atoms with van der Waals surface area (Å²) in [5, 5.41) is 12.8. The Morgan fingerprint density at radius 3 is 2.67 bits per heavy atom. The van der Waals surface area contributed by atoms with Crippen molar-refractivity contribution in [2.24, 2.45) is 5.92 Å². The average molecular weight is 284 g/mol. The van der Waals surface area contributed by atoms with E-state index in [9.17, 15) is 0 Å². The number of hydrogen-bond acceptors (Lipinski definition) is 5. The Morgan fingerprint density at radius 2 is 2.05 bits per heavy atom. The smallest absolute Gasteiger partial charge is 0.241 e. The average Bonchev–Trinajstić information content (AvgIpc) is 2.95. The molecule has 2 rings (SSSR count). The van der Waals surface area contributed by atoms with Crippen LogP contribution in [0, 0.1) is 17.2 Å². The maximum atomic E-state index is 8.82. The second-order valence-electron chi connectivity index (χ2n) is 5.29. The minimum absolute atomic E-state index is 0.0148. The van der Waals surface area contributed by atoms with Gasteiger partial charge in [-0.1, -0.05) is 36.3 Å². The van der Waals surface area contributed by atoms with E-state index in [0.717, 1.165) is 12.0 Å². The first-order valence-corrected chi connectivity index (χ1v) is 7.12. The Balaban J connectivity index is 2.02. The van der Waals surface area contributed by atoms with Crippen molar-refractivity contribution in [1.82, 2.24) is 15.0 Å². The van der Waals surface area contributed by atoms with Gasteiger partial charge in [0.25, 0.3) is 0 Å². The molecule has 0 aliphatic rings. The Bertz CT molecular complexity index is 612. The minimum atomic E-state index is -0.0148. The van der Waals surface area contributed by atoms with Gasteiger partial charge in [0.15, 0.2) is 0 Å². The van der Waals surface area contributed by atoms with Crippen LogP contribution in [0.25, 0.3) is 11.4 Å². The van der Waals surface area contributed by atoms with E-state index in [0.29, 0.717) is 24.8 Å². The first-order chi connectivity index (χ1) is 10.1. The van der Waals surface area contributed by atoms with Crippen LogP contribution in [0.5, 0.6) is 0 Å². The number of benzene rings is 1. The number of rotatable bonds is 6. The lowest BCUT2D eigenvalue weighted by Gasteiger charge is -2.14. The lowest BCUT2D eigenvalue weighted by atomic mass is 10.1. The number of nitriles is 1. The van der Waals surface area contributed by atoms with Crippen molar-refractivity contribution in [3.8, 4) is 17.5 Å². The van der Waals surface area contributed by atoms with Crippen molar-refractivity contribution in [2.45, 2.75) is 26.8 Å². The Morgan fingerprint density at radius 1 is 1.33 bits per heavy atom. The van der Waals surface area contributed by atoms with Gasteiger partial charge in [-0.3, -0.25) is 4.90 Å². The second-order valence-corrected chi connectivity index (χ2v) is 5.29. The first kappa shape index (κ1) is 15.2. The summed E-state index contributed by atoms with van der Waals surface area (Å²) < 4.78 is 5.28. The third-order valence-electron chi connectivity index (χ3n) is 3.30. The van der Waals surface area contributed by atoms with Gasteiger partial charge in [-0.25, -0.2) is 0 Å². The van der Waals surface area contributed by atoms with E-state index in [1.807, 2.05) is 31.0 Å². The Hall–Kier alpha value is -2.19. The van der Waals surface area contributed by atoms with Crippen molar-refractivity contribution < 1.29 is 4.52 Å². The molecule has 5 nitrogen and oxygen atoms in total. The van der Waals surface area contributed by atoms with Crippen molar-refractivity contribution in [3.63, 3.8) is 0 Å². The van der Waals surface area contributed by atoms with E-state index in [4.69, 9.17) is 9.78 Å². The molecule has 0 bridgehead atoms. The predicted molar refractivity (Wildman–Crippen MR) is 80.2 cm³/mol. The molecule has 5 heteroatoms. The quantitative estimate of drug-likeness (QED) is 0.816. The second kappa shape index (κ2) is 7.00. The fraction of sp³-hybridized carbons (Fsp3) is 0.438. The van der Waals surface area contributed by atoms with E-state index in [-0.39, 0.29) is 5.92 Å². The molecule has 1 heterocycles. The highest BCUT2D eigenvalue weighted by atomic mass is 16.5. The maximum absolute atomic E-state index is 8.82. The Kier molecular flexibility index (Phi) is 5.07. The van der Waals surface area contributed by atoms with E-state index in [1.54, 1.807) is 0 Å². The highest BCUT2D eigenvalue weighted by Gasteiger charge is 2.12. The van der Waals surface area contributed by atoms with E-state index in [2.05, 4.69) is 35.3 Å². The summed E-state index contributed by atoms with van der Waals surface area (Å²) in [5.74, 6) is 1.16. The molecule has 1 atom stereocenters. The lowest BCUT2D eigenvalue weighted by Crippen LogP contribution is -2.23. The Labute approximate surface area is 125 Å². The summed E-state index contributed by atoms with van der Waals surface area (Å²) in [6, 6.07) is 10.4. The number of aryl methyl sites for hydroxylation is 1. The van der Waals surface area contributed by atoms with Gasteiger partial charge < -0.3 is 4.52 Å². The third-order valence-corrected chi connectivity index (χ3v) is 3.30. The molecule has 1 unspecified atom stereocenters. The molecule has 2 aromatic rings. The largest absolute Gasteiger partial charge is 0.338 e. The van der Waals surface area contributed by atoms with Gasteiger partial charge in [-0.05, 0) is 26.0 Å². The van der Waals surface area contributed by atoms with Crippen LogP contribution in [0.15, 0.2) is 28.8 Å². The van der Waals surface area contributed by atoms with Crippen LogP contribution in [0.4, 0.5) is 0 Å². The number of nitrogens with zero attached hydrogens (tertiary/aromatic N) is 4. The van der Waals surface area contributed by atoms with E-state index >= 15 is 0 Å². The minimum Gasteiger partial charge on any atom is -0.338 e. The molecule has 0 saturated carbocycles. The van der Waals surface area contributed by atoms with Gasteiger partial charge >= 0.3 is 0 Å². The molecule has 0 radical (unpaired) electrons. The van der Waals surface area contributed by atoms with Crippen LogP contribution in [0.1, 0.15) is 25.3 Å². The van der Waals surface area contributed by atoms with Gasteiger partial charge in [0, 0.05) is 12.1 Å². The fourth-order valence-corrected chi connectivity index (χ4v) is 2.13. The number of hydrogen-bond donors (Lipinski definition) is 0. The van der Waals surface area contributed by atoms with Crippen LogP contribution < -0.4 is 0 Å². The summed E-state index contributed by atoms with van der Waals surface area (Å²) in [4.78, 5) is 6.41. The zero-order valence-electron chi connectivity index (χ0n) is 12.7. The molecule has 21 heavy (non-hydrogen) atoms. The molecule has 0 saturated heterocycles. The van der Waals surface area contributed by atoms with Crippen molar-refractivity contribution in [2.75, 3.05) is 13.6 Å². The van der Waals surface area contributed by atoms with Crippen LogP contribution in [0.2, 0.25) is 0 Å². The molecule has 0 aliphatic heterocycles. The summed E-state index contributed by atoms with van der Waals surface area (Å²) >= 11 is 0. The molecule has 0 fully saturated rings. The molecular formula is C16H20N4O. The van der Waals surface area contributed by atoms with Crippen molar-refractivity contribution in [1.29, 1.82) is 5.26 Å². The van der Waals surface area contributed by atoms with Gasteiger partial charge in [0.1, 0.15) is 0 Å². The molecule has 0 aliphatic carbocycles. The standard InChI is InChI=1S/C16H20N4O/c1-4-13-5-7-14(8-6-13)16-18-15(21-19-16)11-20(3)10-12(2)9-17/h5-8,12H,4,10-11H2,1-3H3. The monoisotopic (exact) mass is 284 g/mol. The van der Waals surface area contributed by atoms with Gasteiger partial charge in [0.05, 0.1) is 18.5 Å². The molecule has 0 spiro atoms. The van der Waals surface area contributed by atoms with Gasteiger partial charge in [0.2, 0.25) is 11.7 Å². The summed E-state index contributed by atoms with van der Waals surface area (Å²) in [6.07, 6.45) is 1.01. The molecule has 0 N–H and O–H groups in total. The molecular weight excluding hydrogens is 264 g/mol. The summed E-state index contributed by atoms with van der Waals surface area (Å²) in [5.41, 5.74) is 2.24. The zero-order chi connectivity index (χ0) is 15.2.